The van der Waals surface area contributed by atoms with E-state index in [0.29, 0.717) is 0 Å². The molecule has 0 unspecified atom stereocenters. The largest absolute Gasteiger partial charge is 0.322 e. The predicted octanol–water partition coefficient (Wildman–Crippen LogP) is 3.22. The molecule has 0 aromatic carbocycles. The predicted molar refractivity (Wildman–Crippen MR) is 36.9 cm³/mol. The average Bonchev–Trinajstić information content (AvgIpc) is 1.62. The Morgan fingerprint density at radius 2 is 2.00 bits per heavy atom. The Balaban J connectivity index is 3.95. The lowest BCUT2D eigenvalue weighted by molar-refractivity contribution is 0.168. The minimum Gasteiger partial charge on any atom is -0.211 e. The zero-order valence-corrected chi connectivity index (χ0v) is 7.35. The normalized spacial score (nSPS) is 14.1. The van der Waals surface area contributed by atoms with Crippen molar-refractivity contribution in [1.82, 2.24) is 0 Å². The molecule has 0 aliphatic heterocycles. The Morgan fingerprint density at radius 1 is 1.56 bits per heavy atom. The molecule has 0 rings (SSSR count). The van der Waals surface area contributed by atoms with Crippen LogP contribution < -0.4 is 0 Å². The van der Waals surface area contributed by atoms with Gasteiger partial charge in [-0.3, -0.25) is 0 Å². The van der Waals surface area contributed by atoms with Crippen molar-refractivity contribution in [2.45, 2.75) is 4.83 Å². The van der Waals surface area contributed by atoms with Gasteiger partial charge in [-0.25, -0.2) is 4.39 Å². The van der Waals surface area contributed by atoms with Crippen LogP contribution in [0, 0.1) is 0 Å². The van der Waals surface area contributed by atoms with E-state index >= 15 is 0 Å². The van der Waals surface area contributed by atoms with E-state index in [1.807, 2.05) is 15.9 Å². The van der Waals surface area contributed by atoms with E-state index in [9.17, 15) is 13.2 Å². The highest BCUT2D eigenvalue weighted by molar-refractivity contribution is 9.10. The van der Waals surface area contributed by atoms with Crippen LogP contribution in [0.1, 0.15) is 0 Å². The van der Waals surface area contributed by atoms with Gasteiger partial charge < -0.3 is 0 Å². The third-order valence-electron chi connectivity index (χ3n) is 0.448. The Bertz CT molecular complexity index is 115. The Kier molecular flexibility index (Phi) is 3.80. The van der Waals surface area contributed by atoms with Gasteiger partial charge in [-0.15, -0.1) is 0 Å². The zero-order chi connectivity index (χ0) is 7.49. The minimum atomic E-state index is -3.23. The second-order valence-corrected chi connectivity index (χ2v) is 2.88. The van der Waals surface area contributed by atoms with Crippen molar-refractivity contribution >= 4 is 31.9 Å². The molecule has 0 radical (unpaired) electrons. The highest BCUT2D eigenvalue weighted by Gasteiger charge is 2.20. The van der Waals surface area contributed by atoms with Crippen LogP contribution in [0.15, 0.2) is 11.9 Å². The SMILES string of the molecule is F/C(=C\C(F)(F)Br)CBr. The van der Waals surface area contributed by atoms with Crippen LogP contribution in [-0.4, -0.2) is 10.2 Å². The topological polar surface area (TPSA) is 0 Å². The van der Waals surface area contributed by atoms with Crippen molar-refractivity contribution < 1.29 is 13.2 Å². The second-order valence-electron chi connectivity index (χ2n) is 1.27. The number of hydrogen-bond acceptors (Lipinski definition) is 0. The second kappa shape index (κ2) is 3.61. The summed E-state index contributed by atoms with van der Waals surface area (Å²) in [6, 6.07) is 0. The summed E-state index contributed by atoms with van der Waals surface area (Å²) in [7, 11) is 0. The molecular weight excluding hydrogens is 265 g/mol. The summed E-state index contributed by atoms with van der Waals surface area (Å²) in [5.41, 5.74) is 0. The molecular formula is C4H3Br2F3. The summed E-state index contributed by atoms with van der Waals surface area (Å²) in [5.74, 6) is -0.892. The van der Waals surface area contributed by atoms with Crippen molar-refractivity contribution in [2.24, 2.45) is 0 Å². The maximum Gasteiger partial charge on any atom is 0.322 e. The average molecular weight is 268 g/mol. The van der Waals surface area contributed by atoms with Crippen molar-refractivity contribution in [1.29, 1.82) is 0 Å². The van der Waals surface area contributed by atoms with Crippen molar-refractivity contribution in [2.75, 3.05) is 5.33 Å². The van der Waals surface area contributed by atoms with Gasteiger partial charge in [0, 0.05) is 6.08 Å². The lowest BCUT2D eigenvalue weighted by Gasteiger charge is -1.99. The van der Waals surface area contributed by atoms with Crippen molar-refractivity contribution in [3.8, 4) is 0 Å². The van der Waals surface area contributed by atoms with Crippen LogP contribution in [0.25, 0.3) is 0 Å². The first-order valence-corrected chi connectivity index (χ1v) is 3.87. The smallest absolute Gasteiger partial charge is 0.211 e. The molecule has 0 atom stereocenters. The first-order chi connectivity index (χ1) is 3.95. The maximum atomic E-state index is 11.9. The summed E-state index contributed by atoms with van der Waals surface area (Å²) in [4.78, 5) is -3.23. The molecule has 0 heterocycles. The van der Waals surface area contributed by atoms with Crippen LogP contribution in [-0.2, 0) is 0 Å². The van der Waals surface area contributed by atoms with Crippen LogP contribution in [0.2, 0.25) is 0 Å². The van der Waals surface area contributed by atoms with E-state index in [1.54, 1.807) is 0 Å². The maximum absolute atomic E-state index is 11.9. The zero-order valence-electron chi connectivity index (χ0n) is 4.17. The molecule has 5 heteroatoms. The fourth-order valence-corrected chi connectivity index (χ4v) is 0.626. The van der Waals surface area contributed by atoms with Gasteiger partial charge in [-0.2, -0.15) is 8.78 Å². The van der Waals surface area contributed by atoms with Crippen LogP contribution in [0.4, 0.5) is 13.2 Å². The molecule has 0 aromatic heterocycles. The Morgan fingerprint density at radius 3 is 2.11 bits per heavy atom. The van der Waals surface area contributed by atoms with Gasteiger partial charge in [-0.1, -0.05) is 15.9 Å². The summed E-state index contributed by atoms with van der Waals surface area (Å²) in [6.45, 7) is 0. The molecule has 0 aromatic rings. The third kappa shape index (κ3) is 6.37. The molecule has 9 heavy (non-hydrogen) atoms. The molecule has 0 nitrogen and oxygen atoms in total. The van der Waals surface area contributed by atoms with Gasteiger partial charge in [0.2, 0.25) is 0 Å². The molecule has 0 aliphatic carbocycles. The highest BCUT2D eigenvalue weighted by atomic mass is 79.9. The Hall–Kier alpha value is 0.490. The van der Waals surface area contributed by atoms with Crippen molar-refractivity contribution in [3.63, 3.8) is 0 Å². The number of alkyl halides is 4. The lowest BCUT2D eigenvalue weighted by Crippen LogP contribution is -1.99. The summed E-state index contributed by atoms with van der Waals surface area (Å²) < 4.78 is 35.4. The van der Waals surface area contributed by atoms with Crippen LogP contribution in [0.5, 0.6) is 0 Å². The van der Waals surface area contributed by atoms with Gasteiger partial charge in [-0.05, 0) is 15.9 Å². The number of hydrogen-bond donors (Lipinski definition) is 0. The summed E-state index contributed by atoms with van der Waals surface area (Å²) in [5, 5.41) is -0.186. The van der Waals surface area contributed by atoms with E-state index < -0.39 is 10.7 Å². The van der Waals surface area contributed by atoms with Crippen LogP contribution in [0.3, 0.4) is 0 Å². The van der Waals surface area contributed by atoms with Gasteiger partial charge in [0.1, 0.15) is 5.83 Å². The van der Waals surface area contributed by atoms with E-state index in [4.69, 9.17) is 0 Å². The van der Waals surface area contributed by atoms with Gasteiger partial charge in [0.15, 0.2) is 0 Å². The molecule has 0 spiro atoms. The van der Waals surface area contributed by atoms with E-state index in [0.717, 1.165) is 0 Å². The van der Waals surface area contributed by atoms with E-state index in [2.05, 4.69) is 15.9 Å². The molecule has 0 saturated heterocycles. The molecule has 0 N–H and O–H groups in total. The third-order valence-corrected chi connectivity index (χ3v) is 1.21. The number of rotatable bonds is 2. The Labute approximate surface area is 67.4 Å². The number of allylic oxidation sites excluding steroid dienone is 2. The van der Waals surface area contributed by atoms with E-state index in [1.165, 1.54) is 0 Å². The monoisotopic (exact) mass is 266 g/mol. The van der Waals surface area contributed by atoms with Crippen molar-refractivity contribution in [3.05, 3.63) is 11.9 Å². The molecule has 0 amide bonds. The fraction of sp³-hybridized carbons (Fsp3) is 0.500. The molecule has 0 fully saturated rings. The molecule has 0 saturated carbocycles. The van der Waals surface area contributed by atoms with Gasteiger partial charge >= 0.3 is 4.83 Å². The summed E-state index contributed by atoms with van der Waals surface area (Å²) >= 11 is 4.62. The molecule has 54 valence electrons. The minimum absolute atomic E-state index is 0.186. The first-order valence-electron chi connectivity index (χ1n) is 1.95. The summed E-state index contributed by atoms with van der Waals surface area (Å²) in [6.07, 6.45) is 0.196. The standard InChI is InChI=1S/C4H3Br2F3/c5-2-3(7)1-4(6,8)9/h1H,2H2/b3-1-. The quantitative estimate of drug-likeness (QED) is 0.674. The number of halogens is 5. The van der Waals surface area contributed by atoms with Gasteiger partial charge in [0.25, 0.3) is 0 Å². The van der Waals surface area contributed by atoms with E-state index in [-0.39, 0.29) is 11.4 Å². The first kappa shape index (κ1) is 9.49. The lowest BCUT2D eigenvalue weighted by atomic mass is 10.5. The van der Waals surface area contributed by atoms with Gasteiger partial charge in [0.05, 0.1) is 5.33 Å². The molecule has 0 bridgehead atoms. The highest BCUT2D eigenvalue weighted by Crippen LogP contribution is 2.25. The fourth-order valence-electron chi connectivity index (χ4n) is 0.216. The van der Waals surface area contributed by atoms with Crippen LogP contribution >= 0.6 is 31.9 Å². The molecule has 0 aliphatic rings.